The van der Waals surface area contributed by atoms with Crippen LogP contribution < -0.4 is 10.5 Å². The molecule has 0 bridgehead atoms. The Morgan fingerprint density at radius 3 is 2.86 bits per heavy atom. The molecule has 0 spiro atoms. The summed E-state index contributed by atoms with van der Waals surface area (Å²) in [6.45, 7) is 4.53. The predicted octanol–water partition coefficient (Wildman–Crippen LogP) is 1.30. The van der Waals surface area contributed by atoms with Gasteiger partial charge in [-0.2, -0.15) is 0 Å². The van der Waals surface area contributed by atoms with Gasteiger partial charge in [-0.25, -0.2) is 23.3 Å². The molecule has 1 fully saturated rings. The standard InChI is InChI=1S/C12H20N4O3S2/c1-3-10-14-8(2)11(20-10)15-12(17)16-6-4-5-9(7-16)21(13,18)19/h9H,3-7H2,1-2H3,(H,15,17)(H2,13,18,19). The van der Waals surface area contributed by atoms with E-state index < -0.39 is 15.3 Å². The molecule has 0 aliphatic carbocycles. The number of urea groups is 1. The van der Waals surface area contributed by atoms with Gasteiger partial charge in [0, 0.05) is 13.1 Å². The van der Waals surface area contributed by atoms with Crippen LogP contribution in [-0.4, -0.2) is 42.7 Å². The Labute approximate surface area is 128 Å². The molecular formula is C12H20N4O3S2. The number of hydrogen-bond acceptors (Lipinski definition) is 5. The molecule has 3 N–H and O–H groups in total. The molecule has 1 aliphatic heterocycles. The summed E-state index contributed by atoms with van der Waals surface area (Å²) in [4.78, 5) is 18.1. The van der Waals surface area contributed by atoms with Gasteiger partial charge in [0.1, 0.15) is 5.00 Å². The van der Waals surface area contributed by atoms with Crippen molar-refractivity contribution in [3.8, 4) is 0 Å². The predicted molar refractivity (Wildman–Crippen MR) is 82.9 cm³/mol. The topological polar surface area (TPSA) is 105 Å². The fourth-order valence-electron chi connectivity index (χ4n) is 2.29. The Morgan fingerprint density at radius 1 is 1.57 bits per heavy atom. The molecule has 21 heavy (non-hydrogen) atoms. The van der Waals surface area contributed by atoms with E-state index in [-0.39, 0.29) is 12.6 Å². The van der Waals surface area contributed by atoms with Crippen LogP contribution in [0.3, 0.4) is 0 Å². The highest BCUT2D eigenvalue weighted by Crippen LogP contribution is 2.25. The molecule has 1 aromatic heterocycles. The van der Waals surface area contributed by atoms with Crippen molar-refractivity contribution in [2.24, 2.45) is 5.14 Å². The van der Waals surface area contributed by atoms with Crippen LogP contribution in [0.25, 0.3) is 0 Å². The van der Waals surface area contributed by atoms with E-state index in [1.807, 2.05) is 13.8 Å². The van der Waals surface area contributed by atoms with Gasteiger partial charge in [0.25, 0.3) is 0 Å². The molecule has 2 heterocycles. The number of nitrogens with zero attached hydrogens (tertiary/aromatic N) is 2. The second-order valence-electron chi connectivity index (χ2n) is 5.11. The lowest BCUT2D eigenvalue weighted by Gasteiger charge is -2.31. The minimum absolute atomic E-state index is 0.142. The molecule has 2 amide bonds. The number of carbonyl (C=O) groups is 1. The maximum Gasteiger partial charge on any atom is 0.322 e. The van der Waals surface area contributed by atoms with Crippen LogP contribution in [0.5, 0.6) is 0 Å². The zero-order chi connectivity index (χ0) is 15.6. The van der Waals surface area contributed by atoms with Crippen LogP contribution in [0, 0.1) is 6.92 Å². The summed E-state index contributed by atoms with van der Waals surface area (Å²) in [5, 5.41) is 8.99. The van der Waals surface area contributed by atoms with E-state index in [4.69, 9.17) is 5.14 Å². The number of rotatable bonds is 3. The van der Waals surface area contributed by atoms with Crippen molar-refractivity contribution >= 4 is 32.4 Å². The minimum Gasteiger partial charge on any atom is -0.323 e. The molecule has 2 rings (SSSR count). The first-order valence-electron chi connectivity index (χ1n) is 6.85. The maximum absolute atomic E-state index is 12.2. The molecule has 1 aromatic rings. The molecule has 9 heteroatoms. The van der Waals surface area contributed by atoms with Crippen LogP contribution in [0.1, 0.15) is 30.5 Å². The van der Waals surface area contributed by atoms with Crippen molar-refractivity contribution in [2.45, 2.75) is 38.4 Å². The maximum atomic E-state index is 12.2. The summed E-state index contributed by atoms with van der Waals surface area (Å²) in [6.07, 6.45) is 1.96. The summed E-state index contributed by atoms with van der Waals surface area (Å²) < 4.78 is 22.8. The fourth-order valence-corrected chi connectivity index (χ4v) is 4.06. The molecule has 1 aliphatic rings. The summed E-state index contributed by atoms with van der Waals surface area (Å²) >= 11 is 1.45. The molecule has 118 valence electrons. The Hall–Kier alpha value is -1.19. The van der Waals surface area contributed by atoms with Gasteiger partial charge in [-0.1, -0.05) is 6.92 Å². The van der Waals surface area contributed by atoms with E-state index >= 15 is 0 Å². The quantitative estimate of drug-likeness (QED) is 0.870. The van der Waals surface area contributed by atoms with E-state index in [1.54, 1.807) is 0 Å². The van der Waals surface area contributed by atoms with Crippen molar-refractivity contribution in [1.29, 1.82) is 0 Å². The number of carbonyl (C=O) groups excluding carboxylic acids is 1. The third kappa shape index (κ3) is 3.92. The minimum atomic E-state index is -3.60. The number of amides is 2. The van der Waals surface area contributed by atoms with Crippen LogP contribution in [0.4, 0.5) is 9.80 Å². The van der Waals surface area contributed by atoms with Gasteiger partial charge in [0.15, 0.2) is 0 Å². The van der Waals surface area contributed by atoms with E-state index in [0.29, 0.717) is 19.4 Å². The monoisotopic (exact) mass is 332 g/mol. The van der Waals surface area contributed by atoms with E-state index in [1.165, 1.54) is 16.2 Å². The first kappa shape index (κ1) is 16.2. The number of thiazole rings is 1. The number of nitrogens with two attached hydrogens (primary N) is 1. The zero-order valence-corrected chi connectivity index (χ0v) is 13.8. The average Bonchev–Trinajstić information content (AvgIpc) is 2.78. The number of piperidine rings is 1. The van der Waals surface area contributed by atoms with Crippen molar-refractivity contribution in [2.75, 3.05) is 18.4 Å². The Kier molecular flexibility index (Phi) is 4.84. The third-order valence-electron chi connectivity index (χ3n) is 3.49. The number of hydrogen-bond donors (Lipinski definition) is 2. The highest BCUT2D eigenvalue weighted by molar-refractivity contribution is 7.89. The van der Waals surface area contributed by atoms with Gasteiger partial charge in [-0.15, -0.1) is 11.3 Å². The molecule has 7 nitrogen and oxygen atoms in total. The van der Waals surface area contributed by atoms with Crippen molar-refractivity contribution < 1.29 is 13.2 Å². The summed E-state index contributed by atoms with van der Waals surface area (Å²) in [5.74, 6) is 0. The molecular weight excluding hydrogens is 312 g/mol. The lowest BCUT2D eigenvalue weighted by atomic mass is 10.1. The van der Waals surface area contributed by atoms with Gasteiger partial charge in [-0.3, -0.25) is 5.32 Å². The van der Waals surface area contributed by atoms with Crippen LogP contribution in [-0.2, 0) is 16.4 Å². The normalized spacial score (nSPS) is 19.6. The zero-order valence-electron chi connectivity index (χ0n) is 12.1. The van der Waals surface area contributed by atoms with Crippen LogP contribution in [0.15, 0.2) is 0 Å². The number of likely N-dealkylation sites (tertiary alicyclic amines) is 1. The van der Waals surface area contributed by atoms with E-state index in [0.717, 1.165) is 22.1 Å². The van der Waals surface area contributed by atoms with E-state index in [9.17, 15) is 13.2 Å². The Morgan fingerprint density at radius 2 is 2.29 bits per heavy atom. The number of nitrogens with one attached hydrogen (secondary N) is 1. The average molecular weight is 332 g/mol. The first-order valence-corrected chi connectivity index (χ1v) is 9.27. The second-order valence-corrected chi connectivity index (χ2v) is 8.03. The molecule has 1 atom stereocenters. The SMILES string of the molecule is CCc1nc(C)c(NC(=O)N2CCCC(S(N)(=O)=O)C2)s1. The van der Waals surface area contributed by atoms with Gasteiger partial charge in [0.2, 0.25) is 10.0 Å². The van der Waals surface area contributed by atoms with Crippen molar-refractivity contribution in [1.82, 2.24) is 9.88 Å². The largest absolute Gasteiger partial charge is 0.323 e. The van der Waals surface area contributed by atoms with Crippen LogP contribution in [0.2, 0.25) is 0 Å². The van der Waals surface area contributed by atoms with Crippen LogP contribution >= 0.6 is 11.3 Å². The van der Waals surface area contributed by atoms with Gasteiger partial charge >= 0.3 is 6.03 Å². The number of anilines is 1. The Balaban J connectivity index is 2.04. The molecule has 1 saturated heterocycles. The second kappa shape index (κ2) is 6.29. The highest BCUT2D eigenvalue weighted by Gasteiger charge is 2.30. The molecule has 0 aromatic carbocycles. The summed E-state index contributed by atoms with van der Waals surface area (Å²) in [6, 6.07) is -0.294. The fraction of sp³-hybridized carbons (Fsp3) is 0.667. The first-order chi connectivity index (χ1) is 9.81. The number of aryl methyl sites for hydroxylation is 2. The number of sulfonamides is 1. The number of aromatic nitrogens is 1. The summed E-state index contributed by atoms with van der Waals surface area (Å²) in [7, 11) is -3.60. The van der Waals surface area contributed by atoms with Crippen molar-refractivity contribution in [3.05, 3.63) is 10.7 Å². The highest BCUT2D eigenvalue weighted by atomic mass is 32.2. The molecule has 0 radical (unpaired) electrons. The molecule has 1 unspecified atom stereocenters. The smallest absolute Gasteiger partial charge is 0.322 e. The van der Waals surface area contributed by atoms with Gasteiger partial charge < -0.3 is 4.90 Å². The van der Waals surface area contributed by atoms with Gasteiger partial charge in [0.05, 0.1) is 16.0 Å². The van der Waals surface area contributed by atoms with Crippen molar-refractivity contribution in [3.63, 3.8) is 0 Å². The van der Waals surface area contributed by atoms with E-state index in [2.05, 4.69) is 10.3 Å². The molecule has 0 saturated carbocycles. The van der Waals surface area contributed by atoms with Gasteiger partial charge in [-0.05, 0) is 26.2 Å². The lowest BCUT2D eigenvalue weighted by Crippen LogP contribution is -2.48. The third-order valence-corrected chi connectivity index (χ3v) is 6.02. The lowest BCUT2D eigenvalue weighted by molar-refractivity contribution is 0.200. The summed E-state index contributed by atoms with van der Waals surface area (Å²) in [5.41, 5.74) is 0.783. The Bertz CT molecular complexity index is 626. The number of primary sulfonamides is 1.